The van der Waals surface area contributed by atoms with Crippen molar-refractivity contribution >= 4 is 38.4 Å². The molecule has 0 spiro atoms. The summed E-state index contributed by atoms with van der Waals surface area (Å²) in [7, 11) is 0. The van der Waals surface area contributed by atoms with Gasteiger partial charge in [0.15, 0.2) is 5.69 Å². The zero-order valence-corrected chi connectivity index (χ0v) is 28.9. The van der Waals surface area contributed by atoms with Crippen LogP contribution in [0.15, 0.2) is 164 Å². The van der Waals surface area contributed by atoms with Gasteiger partial charge in [-0.3, -0.25) is 0 Å². The van der Waals surface area contributed by atoms with Gasteiger partial charge in [0.2, 0.25) is 0 Å². The summed E-state index contributed by atoms with van der Waals surface area (Å²) in [6.07, 6.45) is 0. The Morgan fingerprint density at radius 3 is 2.04 bits per heavy atom. The van der Waals surface area contributed by atoms with Crippen molar-refractivity contribution in [2.45, 2.75) is 19.3 Å². The van der Waals surface area contributed by atoms with E-state index in [4.69, 9.17) is 11.6 Å². The molecule has 52 heavy (non-hydrogen) atoms. The van der Waals surface area contributed by atoms with E-state index in [0.29, 0.717) is 5.69 Å². The standard InChI is InChI=1S/C49H33N3/c1-49(2)42-21-11-7-18-36(42)39-25-26-40-38-20-10-14-24-46(38)52(48(40)47(39)49)34-28-32(35-17-8-12-22-43(35)50-3)27-33(29-34)41-30-45(31-15-5-4-6-16-31)51-44-23-13-9-19-37(41)44/h4-30H,1-2H3. The fraction of sp³-hybridized carbons (Fsp3) is 0.0612. The van der Waals surface area contributed by atoms with E-state index in [0.717, 1.165) is 55.6 Å². The smallest absolute Gasteiger partial charge is 0.194 e. The van der Waals surface area contributed by atoms with Crippen LogP contribution in [-0.4, -0.2) is 9.55 Å². The van der Waals surface area contributed by atoms with Crippen LogP contribution in [-0.2, 0) is 5.41 Å². The Labute approximate surface area is 302 Å². The lowest BCUT2D eigenvalue weighted by molar-refractivity contribution is 0.664. The molecule has 10 rings (SSSR count). The van der Waals surface area contributed by atoms with E-state index < -0.39 is 0 Å². The third-order valence-electron chi connectivity index (χ3n) is 11.0. The molecular formula is C49H33N3. The van der Waals surface area contributed by atoms with Crippen LogP contribution in [0.4, 0.5) is 5.69 Å². The van der Waals surface area contributed by atoms with Crippen molar-refractivity contribution in [2.24, 2.45) is 0 Å². The molecule has 2 heterocycles. The molecule has 244 valence electrons. The molecule has 0 saturated heterocycles. The van der Waals surface area contributed by atoms with Gasteiger partial charge in [0.25, 0.3) is 0 Å². The maximum absolute atomic E-state index is 8.09. The van der Waals surface area contributed by atoms with Crippen molar-refractivity contribution < 1.29 is 0 Å². The highest BCUT2D eigenvalue weighted by Crippen LogP contribution is 2.53. The van der Waals surface area contributed by atoms with E-state index in [9.17, 15) is 0 Å². The monoisotopic (exact) mass is 663 g/mol. The highest BCUT2D eigenvalue weighted by atomic mass is 15.0. The molecule has 0 unspecified atom stereocenters. The minimum absolute atomic E-state index is 0.208. The molecule has 0 aliphatic heterocycles. The van der Waals surface area contributed by atoms with Crippen LogP contribution in [0.2, 0.25) is 0 Å². The second-order valence-electron chi connectivity index (χ2n) is 14.2. The fourth-order valence-corrected chi connectivity index (χ4v) is 8.62. The van der Waals surface area contributed by atoms with Crippen LogP contribution in [0.5, 0.6) is 0 Å². The van der Waals surface area contributed by atoms with Crippen molar-refractivity contribution in [1.82, 2.24) is 9.55 Å². The van der Waals surface area contributed by atoms with Crippen LogP contribution in [0.25, 0.3) is 87.9 Å². The predicted molar refractivity (Wildman–Crippen MR) is 216 cm³/mol. The minimum atomic E-state index is -0.208. The van der Waals surface area contributed by atoms with E-state index >= 15 is 0 Å². The first-order valence-electron chi connectivity index (χ1n) is 17.8. The van der Waals surface area contributed by atoms with Gasteiger partial charge in [0.05, 0.1) is 28.8 Å². The van der Waals surface area contributed by atoms with Crippen molar-refractivity contribution in [3.05, 3.63) is 186 Å². The molecule has 3 nitrogen and oxygen atoms in total. The molecule has 2 aromatic heterocycles. The first-order valence-corrected chi connectivity index (χ1v) is 17.8. The van der Waals surface area contributed by atoms with Crippen molar-refractivity contribution in [3.8, 4) is 50.3 Å². The second kappa shape index (κ2) is 11.4. The number of para-hydroxylation sites is 3. The van der Waals surface area contributed by atoms with Crippen molar-refractivity contribution in [3.63, 3.8) is 0 Å². The molecule has 0 bridgehead atoms. The third kappa shape index (κ3) is 4.41. The van der Waals surface area contributed by atoms with E-state index in [1.807, 2.05) is 24.3 Å². The van der Waals surface area contributed by atoms with E-state index in [1.54, 1.807) is 0 Å². The molecule has 7 aromatic carbocycles. The summed E-state index contributed by atoms with van der Waals surface area (Å²) < 4.78 is 2.48. The molecule has 0 fully saturated rings. The Hall–Kier alpha value is -6.76. The summed E-state index contributed by atoms with van der Waals surface area (Å²) >= 11 is 0. The minimum Gasteiger partial charge on any atom is -0.309 e. The van der Waals surface area contributed by atoms with Gasteiger partial charge in [0.1, 0.15) is 0 Å². The van der Waals surface area contributed by atoms with Gasteiger partial charge in [-0.2, -0.15) is 0 Å². The summed E-state index contributed by atoms with van der Waals surface area (Å²) in [5.41, 5.74) is 16.2. The molecular weight excluding hydrogens is 631 g/mol. The average Bonchev–Trinajstić information content (AvgIpc) is 3.66. The fourth-order valence-electron chi connectivity index (χ4n) is 8.62. The molecule has 3 heteroatoms. The van der Waals surface area contributed by atoms with Gasteiger partial charge in [-0.05, 0) is 80.9 Å². The second-order valence-corrected chi connectivity index (χ2v) is 14.2. The van der Waals surface area contributed by atoms with Gasteiger partial charge >= 0.3 is 0 Å². The topological polar surface area (TPSA) is 22.2 Å². The summed E-state index contributed by atoms with van der Waals surface area (Å²) in [5, 5.41) is 3.55. The van der Waals surface area contributed by atoms with Crippen LogP contribution in [0.3, 0.4) is 0 Å². The van der Waals surface area contributed by atoms with Gasteiger partial charge in [-0.25, -0.2) is 9.83 Å². The number of hydrogen-bond acceptors (Lipinski definition) is 1. The zero-order chi connectivity index (χ0) is 35.0. The number of nitrogens with zero attached hydrogens (tertiary/aromatic N) is 3. The average molecular weight is 664 g/mol. The highest BCUT2D eigenvalue weighted by Gasteiger charge is 2.38. The number of hydrogen-bond donors (Lipinski definition) is 0. The number of fused-ring (bicyclic) bond motifs is 8. The van der Waals surface area contributed by atoms with Crippen LogP contribution >= 0.6 is 0 Å². The maximum atomic E-state index is 8.09. The molecule has 1 aliphatic rings. The Kier molecular flexibility index (Phi) is 6.59. The first kappa shape index (κ1) is 30.1. The molecule has 0 radical (unpaired) electrons. The lowest BCUT2D eigenvalue weighted by atomic mass is 9.81. The molecule has 1 aliphatic carbocycles. The molecule has 0 N–H and O–H groups in total. The summed E-state index contributed by atoms with van der Waals surface area (Å²) in [6, 6.07) is 58.1. The molecule has 9 aromatic rings. The Morgan fingerprint density at radius 2 is 1.21 bits per heavy atom. The molecule has 0 atom stereocenters. The van der Waals surface area contributed by atoms with Gasteiger partial charge in [-0.15, -0.1) is 0 Å². The van der Waals surface area contributed by atoms with E-state index in [1.165, 1.54) is 38.5 Å². The third-order valence-corrected chi connectivity index (χ3v) is 11.0. The summed E-state index contributed by atoms with van der Waals surface area (Å²) in [4.78, 5) is 9.09. The number of pyridine rings is 1. The van der Waals surface area contributed by atoms with E-state index in [-0.39, 0.29) is 5.41 Å². The highest BCUT2D eigenvalue weighted by molar-refractivity contribution is 6.13. The van der Waals surface area contributed by atoms with Crippen molar-refractivity contribution in [1.29, 1.82) is 0 Å². The van der Waals surface area contributed by atoms with E-state index in [2.05, 4.69) is 163 Å². The lowest BCUT2D eigenvalue weighted by Crippen LogP contribution is -2.16. The normalized spacial score (nSPS) is 12.9. The Bertz CT molecular complexity index is 2940. The van der Waals surface area contributed by atoms with Gasteiger partial charge in [-0.1, -0.05) is 141 Å². The number of benzene rings is 7. The van der Waals surface area contributed by atoms with Gasteiger partial charge < -0.3 is 4.57 Å². The number of aromatic nitrogens is 2. The first-order chi connectivity index (χ1) is 25.5. The Balaban J connectivity index is 1.34. The summed E-state index contributed by atoms with van der Waals surface area (Å²) in [6.45, 7) is 12.8. The number of rotatable bonds is 4. The zero-order valence-electron chi connectivity index (χ0n) is 28.9. The molecule has 0 amide bonds. The predicted octanol–water partition coefficient (Wildman–Crippen LogP) is 13.2. The lowest BCUT2D eigenvalue weighted by Gasteiger charge is -2.24. The van der Waals surface area contributed by atoms with Gasteiger partial charge in [0, 0.05) is 32.8 Å². The SMILES string of the molecule is [C-]#[N+]c1ccccc1-c1cc(-c2cc(-c3ccccc3)nc3ccccc23)cc(-n2c3ccccc3c3ccc4c(c32)C(C)(C)c2ccccc2-4)c1. The largest absolute Gasteiger partial charge is 0.309 e. The molecule has 0 saturated carbocycles. The Morgan fingerprint density at radius 1 is 0.538 bits per heavy atom. The summed E-state index contributed by atoms with van der Waals surface area (Å²) in [5.74, 6) is 0. The van der Waals surface area contributed by atoms with Crippen LogP contribution in [0, 0.1) is 6.57 Å². The maximum Gasteiger partial charge on any atom is 0.194 e. The van der Waals surface area contributed by atoms with Crippen LogP contribution in [0.1, 0.15) is 25.0 Å². The quantitative estimate of drug-likeness (QED) is 0.172. The van der Waals surface area contributed by atoms with Crippen LogP contribution < -0.4 is 0 Å². The van der Waals surface area contributed by atoms with Crippen molar-refractivity contribution in [2.75, 3.05) is 0 Å².